The molecule has 0 spiro atoms. The molecule has 0 saturated carbocycles. The van der Waals surface area contributed by atoms with Crippen LogP contribution in [0, 0.1) is 6.92 Å². The van der Waals surface area contributed by atoms with Gasteiger partial charge in [0.2, 0.25) is 5.91 Å². The van der Waals surface area contributed by atoms with Crippen molar-refractivity contribution in [3.8, 4) is 0 Å². The average Bonchev–Trinajstić information content (AvgIpc) is 2.94. The lowest BCUT2D eigenvalue weighted by Crippen LogP contribution is -2.27. The number of amides is 2. The maximum absolute atomic E-state index is 12.0. The Hall–Kier alpha value is -2.86. The van der Waals surface area contributed by atoms with Crippen LogP contribution in [0.4, 0.5) is 5.69 Å². The van der Waals surface area contributed by atoms with Gasteiger partial charge in [-0.3, -0.25) is 9.59 Å². The van der Waals surface area contributed by atoms with E-state index in [9.17, 15) is 9.59 Å². The molecule has 3 aromatic rings. The third-order valence-corrected chi connectivity index (χ3v) is 3.86. The summed E-state index contributed by atoms with van der Waals surface area (Å²) in [6.07, 6.45) is 0.145. The molecule has 0 aliphatic carbocycles. The van der Waals surface area contributed by atoms with Crippen LogP contribution in [0.1, 0.15) is 22.7 Å². The number of aromatic nitrogens is 1. The average molecular weight is 358 g/mol. The number of hydrogen-bond acceptors (Lipinski definition) is 4. The fourth-order valence-electron chi connectivity index (χ4n) is 2.37. The van der Waals surface area contributed by atoms with Crippen LogP contribution in [0.5, 0.6) is 0 Å². The fourth-order valence-corrected chi connectivity index (χ4v) is 2.60. The molecule has 6 nitrogen and oxygen atoms in total. The summed E-state index contributed by atoms with van der Waals surface area (Å²) in [5, 5.41) is 5.82. The van der Waals surface area contributed by atoms with Gasteiger partial charge in [0, 0.05) is 25.6 Å². The van der Waals surface area contributed by atoms with Crippen molar-refractivity contribution in [3.63, 3.8) is 0 Å². The van der Waals surface area contributed by atoms with Crippen molar-refractivity contribution in [1.82, 2.24) is 10.3 Å². The smallest absolute Gasteiger partial charge is 0.252 e. The van der Waals surface area contributed by atoms with Crippen LogP contribution in [-0.4, -0.2) is 23.3 Å². The molecule has 2 N–H and O–H groups in total. The molecular weight excluding hydrogens is 342 g/mol. The summed E-state index contributed by atoms with van der Waals surface area (Å²) in [6, 6.07) is 12.0. The number of nitrogens with one attached hydrogen (secondary N) is 2. The second-order valence-corrected chi connectivity index (χ2v) is 5.86. The third-order valence-electron chi connectivity index (χ3n) is 3.53. The van der Waals surface area contributed by atoms with Crippen LogP contribution in [0.15, 0.2) is 46.9 Å². The van der Waals surface area contributed by atoms with Crippen molar-refractivity contribution in [2.24, 2.45) is 0 Å². The van der Waals surface area contributed by atoms with Gasteiger partial charge < -0.3 is 15.1 Å². The molecule has 3 rings (SSSR count). The highest BCUT2D eigenvalue weighted by Gasteiger charge is 2.10. The first kappa shape index (κ1) is 17.0. The molecule has 0 aliphatic rings. The zero-order chi connectivity index (χ0) is 17.8. The SMILES string of the molecule is Cc1nc2cc(NC(=O)CCNC(=O)c3ccccc3Cl)ccc2o1. The molecule has 1 heterocycles. The number of halogens is 1. The minimum absolute atomic E-state index is 0.145. The van der Waals surface area contributed by atoms with E-state index in [0.717, 1.165) is 0 Å². The van der Waals surface area contributed by atoms with Crippen LogP contribution in [0.3, 0.4) is 0 Å². The normalized spacial score (nSPS) is 10.6. The Bertz CT molecular complexity index is 936. The molecule has 0 aliphatic heterocycles. The van der Waals surface area contributed by atoms with Gasteiger partial charge in [0.25, 0.3) is 5.91 Å². The maximum Gasteiger partial charge on any atom is 0.252 e. The van der Waals surface area contributed by atoms with E-state index in [4.69, 9.17) is 16.0 Å². The fraction of sp³-hybridized carbons (Fsp3) is 0.167. The van der Waals surface area contributed by atoms with E-state index in [-0.39, 0.29) is 24.8 Å². The van der Waals surface area contributed by atoms with Crippen LogP contribution in [0.2, 0.25) is 5.02 Å². The molecule has 0 unspecified atom stereocenters. The topological polar surface area (TPSA) is 84.2 Å². The number of anilines is 1. The maximum atomic E-state index is 12.0. The van der Waals surface area contributed by atoms with Crippen LogP contribution < -0.4 is 10.6 Å². The van der Waals surface area contributed by atoms with Gasteiger partial charge in [-0.05, 0) is 30.3 Å². The molecule has 0 saturated heterocycles. The Balaban J connectivity index is 1.52. The summed E-state index contributed by atoms with van der Waals surface area (Å²) < 4.78 is 5.39. The summed E-state index contributed by atoms with van der Waals surface area (Å²) in [4.78, 5) is 28.2. The van der Waals surface area contributed by atoms with Gasteiger partial charge in [0.05, 0.1) is 10.6 Å². The van der Waals surface area contributed by atoms with Gasteiger partial charge >= 0.3 is 0 Å². The van der Waals surface area contributed by atoms with E-state index in [1.807, 2.05) is 0 Å². The van der Waals surface area contributed by atoms with Gasteiger partial charge in [-0.15, -0.1) is 0 Å². The number of nitrogens with zero attached hydrogens (tertiary/aromatic N) is 1. The molecule has 0 atom stereocenters. The highest BCUT2D eigenvalue weighted by atomic mass is 35.5. The van der Waals surface area contributed by atoms with E-state index in [0.29, 0.717) is 33.3 Å². The Morgan fingerprint density at radius 3 is 2.80 bits per heavy atom. The predicted molar refractivity (Wildman–Crippen MR) is 95.8 cm³/mol. The van der Waals surface area contributed by atoms with Crippen LogP contribution in [0.25, 0.3) is 11.1 Å². The number of aryl methyl sites for hydroxylation is 1. The predicted octanol–water partition coefficient (Wildman–Crippen LogP) is 3.55. The molecule has 2 aromatic carbocycles. The summed E-state index contributed by atoms with van der Waals surface area (Å²) in [5.41, 5.74) is 2.37. The first-order valence-corrected chi connectivity index (χ1v) is 8.10. The van der Waals surface area contributed by atoms with Crippen LogP contribution >= 0.6 is 11.6 Å². The summed E-state index contributed by atoms with van der Waals surface area (Å²) in [6.45, 7) is 1.97. The Morgan fingerprint density at radius 2 is 2.00 bits per heavy atom. The van der Waals surface area contributed by atoms with Gasteiger partial charge in [-0.25, -0.2) is 4.98 Å². The van der Waals surface area contributed by atoms with Crippen molar-refractivity contribution in [2.45, 2.75) is 13.3 Å². The Morgan fingerprint density at radius 1 is 1.20 bits per heavy atom. The van der Waals surface area contributed by atoms with Crippen molar-refractivity contribution < 1.29 is 14.0 Å². The lowest BCUT2D eigenvalue weighted by Gasteiger charge is -2.07. The number of rotatable bonds is 5. The van der Waals surface area contributed by atoms with Gasteiger partial charge in [-0.1, -0.05) is 23.7 Å². The molecule has 128 valence electrons. The zero-order valence-electron chi connectivity index (χ0n) is 13.5. The first-order chi connectivity index (χ1) is 12.0. The van der Waals surface area contributed by atoms with E-state index >= 15 is 0 Å². The number of hydrogen-bond donors (Lipinski definition) is 2. The first-order valence-electron chi connectivity index (χ1n) is 7.73. The molecule has 2 amide bonds. The number of oxazole rings is 1. The van der Waals surface area contributed by atoms with Crippen molar-refractivity contribution in [3.05, 3.63) is 58.9 Å². The molecule has 7 heteroatoms. The summed E-state index contributed by atoms with van der Waals surface area (Å²) >= 11 is 5.96. The van der Waals surface area contributed by atoms with Crippen LogP contribution in [-0.2, 0) is 4.79 Å². The molecule has 0 bridgehead atoms. The molecule has 1 aromatic heterocycles. The largest absolute Gasteiger partial charge is 0.441 e. The number of carbonyl (C=O) groups excluding carboxylic acids is 2. The van der Waals surface area contributed by atoms with E-state index < -0.39 is 0 Å². The second kappa shape index (κ2) is 7.36. The van der Waals surface area contributed by atoms with Gasteiger partial charge in [0.1, 0.15) is 5.52 Å². The highest BCUT2D eigenvalue weighted by Crippen LogP contribution is 2.19. The monoisotopic (exact) mass is 357 g/mol. The van der Waals surface area contributed by atoms with E-state index in [2.05, 4.69) is 15.6 Å². The molecule has 25 heavy (non-hydrogen) atoms. The molecular formula is C18H16ClN3O3. The molecule has 0 fully saturated rings. The highest BCUT2D eigenvalue weighted by molar-refractivity contribution is 6.33. The van der Waals surface area contributed by atoms with Crippen molar-refractivity contribution >= 4 is 40.2 Å². The number of carbonyl (C=O) groups is 2. The van der Waals surface area contributed by atoms with E-state index in [1.54, 1.807) is 49.4 Å². The van der Waals surface area contributed by atoms with Crippen molar-refractivity contribution in [1.29, 1.82) is 0 Å². The minimum atomic E-state index is -0.308. The number of benzene rings is 2. The third kappa shape index (κ3) is 4.16. The zero-order valence-corrected chi connectivity index (χ0v) is 14.3. The van der Waals surface area contributed by atoms with Crippen molar-refractivity contribution in [2.75, 3.05) is 11.9 Å². The lowest BCUT2D eigenvalue weighted by atomic mass is 10.2. The summed E-state index contributed by atoms with van der Waals surface area (Å²) in [7, 11) is 0. The van der Waals surface area contributed by atoms with E-state index in [1.165, 1.54) is 0 Å². The summed E-state index contributed by atoms with van der Waals surface area (Å²) in [5.74, 6) is 0.0534. The lowest BCUT2D eigenvalue weighted by molar-refractivity contribution is -0.116. The van der Waals surface area contributed by atoms with Gasteiger partial charge in [0.15, 0.2) is 11.5 Å². The quantitative estimate of drug-likeness (QED) is 0.731. The number of fused-ring (bicyclic) bond motifs is 1. The standard InChI is InChI=1S/C18H16ClN3O3/c1-11-21-15-10-12(6-7-16(15)25-11)22-17(23)8-9-20-18(24)13-4-2-3-5-14(13)19/h2-7,10H,8-9H2,1H3,(H,20,24)(H,22,23). The Kier molecular flexibility index (Phi) is 5.00. The Labute approximate surface area is 149 Å². The van der Waals surface area contributed by atoms with Gasteiger partial charge in [-0.2, -0.15) is 0 Å². The second-order valence-electron chi connectivity index (χ2n) is 5.45. The minimum Gasteiger partial charge on any atom is -0.441 e. The molecule has 0 radical (unpaired) electrons.